The molecule has 20 heavy (non-hydrogen) atoms. The molecule has 7 nitrogen and oxygen atoms in total. The van der Waals surface area contributed by atoms with Gasteiger partial charge in [-0.2, -0.15) is 4.98 Å². The molecule has 3 N–H and O–H groups in total. The number of methoxy groups -OCH3 is 2. The second-order valence-corrected chi connectivity index (χ2v) is 4.29. The van der Waals surface area contributed by atoms with Gasteiger partial charge in [0.25, 0.3) is 0 Å². The van der Waals surface area contributed by atoms with E-state index in [-0.39, 0.29) is 5.89 Å². The van der Waals surface area contributed by atoms with E-state index in [0.29, 0.717) is 22.9 Å². The largest absolute Gasteiger partial charge is 0.493 e. The van der Waals surface area contributed by atoms with Crippen molar-refractivity contribution in [3.63, 3.8) is 0 Å². The Balaban J connectivity index is 2.33. The quantitative estimate of drug-likeness (QED) is 0.845. The predicted molar refractivity (Wildman–Crippen MR) is 71.4 cm³/mol. The van der Waals surface area contributed by atoms with Crippen molar-refractivity contribution in [2.45, 2.75) is 19.1 Å². The van der Waals surface area contributed by atoms with E-state index < -0.39 is 12.1 Å². The molecule has 0 aliphatic heterocycles. The van der Waals surface area contributed by atoms with Gasteiger partial charge in [-0.1, -0.05) is 5.16 Å². The number of aliphatic hydroxyl groups is 1. The zero-order valence-electron chi connectivity index (χ0n) is 11.5. The number of rotatable bonds is 5. The number of benzene rings is 1. The molecule has 0 amide bonds. The van der Waals surface area contributed by atoms with Crippen molar-refractivity contribution >= 4 is 0 Å². The summed E-state index contributed by atoms with van der Waals surface area (Å²) in [6.45, 7) is 1.56. The van der Waals surface area contributed by atoms with Crippen LogP contribution in [0.15, 0.2) is 22.7 Å². The Morgan fingerprint density at radius 3 is 2.55 bits per heavy atom. The molecule has 0 unspecified atom stereocenters. The van der Waals surface area contributed by atoms with E-state index >= 15 is 0 Å². The molecule has 1 aromatic carbocycles. The first-order valence-electron chi connectivity index (χ1n) is 6.06. The number of aliphatic hydroxyl groups excluding tert-OH is 1. The number of nitrogens with two attached hydrogens (primary N) is 1. The summed E-state index contributed by atoms with van der Waals surface area (Å²) in [7, 11) is 3.11. The third-order valence-corrected chi connectivity index (χ3v) is 2.89. The van der Waals surface area contributed by atoms with Crippen molar-refractivity contribution in [2.24, 2.45) is 5.73 Å². The Morgan fingerprint density at radius 1 is 1.25 bits per heavy atom. The number of hydrogen-bond acceptors (Lipinski definition) is 7. The summed E-state index contributed by atoms with van der Waals surface area (Å²) >= 11 is 0. The number of ether oxygens (including phenoxy) is 2. The fourth-order valence-electron chi connectivity index (χ4n) is 1.67. The fraction of sp³-hybridized carbons (Fsp3) is 0.385. The second-order valence-electron chi connectivity index (χ2n) is 4.29. The summed E-state index contributed by atoms with van der Waals surface area (Å²) in [5, 5.41) is 13.3. The number of nitrogens with zero attached hydrogens (tertiary/aromatic N) is 2. The van der Waals surface area contributed by atoms with E-state index in [0.717, 1.165) is 0 Å². The van der Waals surface area contributed by atoms with Crippen molar-refractivity contribution in [3.05, 3.63) is 24.1 Å². The highest BCUT2D eigenvalue weighted by molar-refractivity contribution is 5.60. The van der Waals surface area contributed by atoms with E-state index in [2.05, 4.69) is 10.1 Å². The lowest BCUT2D eigenvalue weighted by Gasteiger charge is -2.08. The van der Waals surface area contributed by atoms with Gasteiger partial charge in [-0.25, -0.2) is 0 Å². The summed E-state index contributed by atoms with van der Waals surface area (Å²) in [6.07, 6.45) is -0.770. The lowest BCUT2D eigenvalue weighted by molar-refractivity contribution is 0.146. The van der Waals surface area contributed by atoms with Gasteiger partial charge in [0.05, 0.1) is 20.3 Å². The fourth-order valence-corrected chi connectivity index (χ4v) is 1.67. The molecule has 7 heteroatoms. The van der Waals surface area contributed by atoms with Crippen molar-refractivity contribution in [1.82, 2.24) is 10.1 Å². The molecular weight excluding hydrogens is 262 g/mol. The van der Waals surface area contributed by atoms with Crippen LogP contribution in [0.25, 0.3) is 11.4 Å². The Kier molecular flexibility index (Phi) is 4.21. The number of hydrogen-bond donors (Lipinski definition) is 2. The van der Waals surface area contributed by atoms with E-state index in [4.69, 9.17) is 19.7 Å². The second kappa shape index (κ2) is 5.89. The molecule has 2 rings (SSSR count). The third-order valence-electron chi connectivity index (χ3n) is 2.89. The average molecular weight is 279 g/mol. The highest BCUT2D eigenvalue weighted by Crippen LogP contribution is 2.31. The van der Waals surface area contributed by atoms with Gasteiger partial charge in [0.2, 0.25) is 11.7 Å². The maximum absolute atomic E-state index is 9.42. The first-order chi connectivity index (χ1) is 9.56. The highest BCUT2D eigenvalue weighted by atomic mass is 16.5. The molecule has 1 heterocycles. The number of aromatic nitrogens is 2. The van der Waals surface area contributed by atoms with Crippen LogP contribution in [0.4, 0.5) is 0 Å². The Morgan fingerprint density at radius 2 is 1.95 bits per heavy atom. The topological polar surface area (TPSA) is 104 Å². The summed E-state index contributed by atoms with van der Waals surface area (Å²) < 4.78 is 15.4. The van der Waals surface area contributed by atoms with E-state index in [1.54, 1.807) is 39.3 Å². The third kappa shape index (κ3) is 2.73. The van der Waals surface area contributed by atoms with Gasteiger partial charge < -0.3 is 24.8 Å². The Bertz CT molecular complexity index is 583. The normalized spacial score (nSPS) is 13.8. The SMILES string of the molecule is COc1ccc(-c2noc([C@@H](N)[C@@H](C)O)n2)cc1OC. The Hall–Kier alpha value is -2.12. The van der Waals surface area contributed by atoms with Crippen LogP contribution in [0.2, 0.25) is 0 Å². The van der Waals surface area contributed by atoms with Gasteiger partial charge in [-0.05, 0) is 25.1 Å². The minimum Gasteiger partial charge on any atom is -0.493 e. The summed E-state index contributed by atoms with van der Waals surface area (Å²) in [5.74, 6) is 1.73. The Labute approximate surface area is 116 Å². The zero-order chi connectivity index (χ0) is 14.7. The van der Waals surface area contributed by atoms with Crippen molar-refractivity contribution in [3.8, 4) is 22.9 Å². The molecular formula is C13H17N3O4. The van der Waals surface area contributed by atoms with Crippen molar-refractivity contribution in [1.29, 1.82) is 0 Å². The van der Waals surface area contributed by atoms with Gasteiger partial charge >= 0.3 is 0 Å². The van der Waals surface area contributed by atoms with Gasteiger partial charge in [-0.3, -0.25) is 0 Å². The lowest BCUT2D eigenvalue weighted by atomic mass is 10.2. The highest BCUT2D eigenvalue weighted by Gasteiger charge is 2.20. The van der Waals surface area contributed by atoms with Crippen molar-refractivity contribution < 1.29 is 19.1 Å². The molecule has 2 aromatic rings. The predicted octanol–water partition coefficient (Wildman–Crippen LogP) is 1.13. The molecule has 1 aromatic heterocycles. The van der Waals surface area contributed by atoms with Crippen LogP contribution in [0.5, 0.6) is 11.5 Å². The summed E-state index contributed by atoms with van der Waals surface area (Å²) in [5.41, 5.74) is 6.44. The monoisotopic (exact) mass is 279 g/mol. The first-order valence-corrected chi connectivity index (χ1v) is 6.06. The smallest absolute Gasteiger partial charge is 0.246 e. The first kappa shape index (κ1) is 14.3. The van der Waals surface area contributed by atoms with Crippen LogP contribution in [0.1, 0.15) is 18.9 Å². The van der Waals surface area contributed by atoms with Crippen LogP contribution in [0, 0.1) is 0 Å². The molecule has 0 saturated heterocycles. The lowest BCUT2D eigenvalue weighted by Crippen LogP contribution is -2.23. The van der Waals surface area contributed by atoms with Crippen LogP contribution >= 0.6 is 0 Å². The van der Waals surface area contributed by atoms with Crippen LogP contribution < -0.4 is 15.2 Å². The standard InChI is InChI=1S/C13H17N3O4/c1-7(17)11(14)13-15-12(16-20-13)8-4-5-9(18-2)10(6-8)19-3/h4-7,11,17H,14H2,1-3H3/t7-,11+/m1/s1. The molecule has 0 saturated carbocycles. The summed E-state index contributed by atoms with van der Waals surface area (Å²) in [6, 6.07) is 4.56. The summed E-state index contributed by atoms with van der Waals surface area (Å²) in [4.78, 5) is 4.17. The minimum absolute atomic E-state index is 0.185. The van der Waals surface area contributed by atoms with Crippen LogP contribution in [-0.2, 0) is 0 Å². The van der Waals surface area contributed by atoms with Crippen molar-refractivity contribution in [2.75, 3.05) is 14.2 Å². The van der Waals surface area contributed by atoms with Gasteiger partial charge in [-0.15, -0.1) is 0 Å². The molecule has 0 bridgehead atoms. The molecule has 0 fully saturated rings. The van der Waals surface area contributed by atoms with Crippen LogP contribution in [-0.4, -0.2) is 35.6 Å². The average Bonchev–Trinajstić information content (AvgIpc) is 2.95. The van der Waals surface area contributed by atoms with E-state index in [9.17, 15) is 5.11 Å². The maximum Gasteiger partial charge on any atom is 0.246 e. The molecule has 0 spiro atoms. The molecule has 0 aliphatic carbocycles. The van der Waals surface area contributed by atoms with Gasteiger partial charge in [0.15, 0.2) is 11.5 Å². The van der Waals surface area contributed by atoms with Gasteiger partial charge in [0, 0.05) is 5.56 Å². The molecule has 0 radical (unpaired) electrons. The minimum atomic E-state index is -0.770. The maximum atomic E-state index is 9.42. The molecule has 2 atom stereocenters. The molecule has 0 aliphatic rings. The van der Waals surface area contributed by atoms with Gasteiger partial charge in [0.1, 0.15) is 6.04 Å². The van der Waals surface area contributed by atoms with Crippen LogP contribution in [0.3, 0.4) is 0 Å². The zero-order valence-corrected chi connectivity index (χ0v) is 11.5. The molecule has 108 valence electrons. The van der Waals surface area contributed by atoms with E-state index in [1.165, 1.54) is 0 Å². The van der Waals surface area contributed by atoms with E-state index in [1.807, 2.05) is 0 Å².